The summed E-state index contributed by atoms with van der Waals surface area (Å²) in [5, 5.41) is 11.3. The maximum Gasteiger partial charge on any atom is 0.265 e. The molecule has 2 atom stereocenters. The summed E-state index contributed by atoms with van der Waals surface area (Å²) in [4.78, 5) is 13.6. The van der Waals surface area contributed by atoms with Crippen molar-refractivity contribution in [1.29, 1.82) is 0 Å². The lowest BCUT2D eigenvalue weighted by atomic mass is 9.90. The number of aliphatic hydroxyl groups excluding tert-OH is 1. The molecule has 0 aromatic carbocycles. The highest BCUT2D eigenvalue weighted by Crippen LogP contribution is 2.32. The van der Waals surface area contributed by atoms with Crippen molar-refractivity contribution in [3.8, 4) is 0 Å². The maximum atomic E-state index is 12.1. The van der Waals surface area contributed by atoms with E-state index >= 15 is 0 Å². The van der Waals surface area contributed by atoms with Crippen LogP contribution < -0.4 is 5.32 Å². The number of aryl methyl sites for hydroxylation is 1. The number of thiophene rings is 1. The topological polar surface area (TPSA) is 49.3 Å². The molecule has 106 valence electrons. The summed E-state index contributed by atoms with van der Waals surface area (Å²) in [6.45, 7) is 1.76. The van der Waals surface area contributed by atoms with Crippen LogP contribution >= 0.6 is 11.3 Å². The van der Waals surface area contributed by atoms with E-state index in [0.717, 1.165) is 19.3 Å². The minimum atomic E-state index is -2.84. The monoisotopic (exact) mass is 289 g/mol. The van der Waals surface area contributed by atoms with E-state index in [1.807, 2.05) is 6.07 Å². The molecule has 2 N–H and O–H groups in total. The Balaban J connectivity index is 1.97. The van der Waals surface area contributed by atoms with Crippen molar-refractivity contribution >= 4 is 17.2 Å². The number of amides is 1. The molecule has 1 aromatic rings. The van der Waals surface area contributed by atoms with Gasteiger partial charge in [0.05, 0.1) is 4.88 Å². The third-order valence-corrected chi connectivity index (χ3v) is 4.55. The summed E-state index contributed by atoms with van der Waals surface area (Å²) >= 11 is 1.42. The summed E-state index contributed by atoms with van der Waals surface area (Å²) < 4.78 is 24.2. The zero-order valence-electron chi connectivity index (χ0n) is 10.7. The molecule has 0 spiro atoms. The Morgan fingerprint density at radius 1 is 1.63 bits per heavy atom. The van der Waals surface area contributed by atoms with Crippen molar-refractivity contribution in [2.45, 2.75) is 38.7 Å². The molecule has 0 saturated heterocycles. The molecule has 1 amide bonds. The minimum absolute atomic E-state index is 0.383. The van der Waals surface area contributed by atoms with Crippen LogP contribution in [0.2, 0.25) is 0 Å². The normalized spacial score (nSPS) is 20.2. The van der Waals surface area contributed by atoms with Gasteiger partial charge < -0.3 is 10.4 Å². The molecule has 0 radical (unpaired) electrons. The Morgan fingerprint density at radius 3 is 3.05 bits per heavy atom. The van der Waals surface area contributed by atoms with Crippen molar-refractivity contribution in [1.82, 2.24) is 5.32 Å². The number of carbonyl (C=O) groups excluding carboxylic acids is 1. The fourth-order valence-electron chi connectivity index (χ4n) is 2.19. The molecule has 0 bridgehead atoms. The molecule has 1 aromatic heterocycles. The number of alkyl halides is 2. The SMILES string of the molecule is CC1CCc2sc(C(=O)NCC(O)C(F)F)cc2C1. The smallest absolute Gasteiger partial charge is 0.265 e. The highest BCUT2D eigenvalue weighted by Gasteiger charge is 2.22. The summed E-state index contributed by atoms with van der Waals surface area (Å²) in [6.07, 6.45) is -1.57. The molecule has 2 unspecified atom stereocenters. The summed E-state index contributed by atoms with van der Waals surface area (Å²) in [5.41, 5.74) is 1.20. The highest BCUT2D eigenvalue weighted by molar-refractivity contribution is 7.14. The third kappa shape index (κ3) is 3.51. The molecule has 1 heterocycles. The number of hydrogen-bond acceptors (Lipinski definition) is 3. The standard InChI is InChI=1S/C13H17F2NO2S/c1-7-2-3-10-8(4-7)5-11(19-10)13(18)16-6-9(17)12(14)15/h5,7,9,12,17H,2-4,6H2,1H3,(H,16,18). The number of rotatable bonds is 4. The van der Waals surface area contributed by atoms with Crippen molar-refractivity contribution in [3.05, 3.63) is 21.4 Å². The van der Waals surface area contributed by atoms with Gasteiger partial charge in [-0.2, -0.15) is 0 Å². The quantitative estimate of drug-likeness (QED) is 0.893. The number of carbonyl (C=O) groups is 1. The van der Waals surface area contributed by atoms with Crippen LogP contribution in [0.3, 0.4) is 0 Å². The van der Waals surface area contributed by atoms with E-state index in [1.54, 1.807) is 0 Å². The molecule has 1 aliphatic carbocycles. The Hall–Kier alpha value is -1.01. The van der Waals surface area contributed by atoms with Crippen molar-refractivity contribution in [2.75, 3.05) is 6.54 Å². The third-order valence-electron chi connectivity index (χ3n) is 3.32. The predicted octanol–water partition coefficient (Wildman–Crippen LogP) is 2.23. The summed E-state index contributed by atoms with van der Waals surface area (Å²) in [5.74, 6) is 0.241. The lowest BCUT2D eigenvalue weighted by Crippen LogP contribution is -2.35. The van der Waals surface area contributed by atoms with E-state index in [-0.39, 0.29) is 5.91 Å². The van der Waals surface area contributed by atoms with E-state index in [2.05, 4.69) is 12.2 Å². The van der Waals surface area contributed by atoms with Crippen LogP contribution in [0.15, 0.2) is 6.07 Å². The van der Waals surface area contributed by atoms with Gasteiger partial charge in [-0.25, -0.2) is 8.78 Å². The fraction of sp³-hybridized carbons (Fsp3) is 0.615. The van der Waals surface area contributed by atoms with Gasteiger partial charge in [-0.1, -0.05) is 6.92 Å². The molecule has 0 saturated carbocycles. The zero-order valence-corrected chi connectivity index (χ0v) is 11.5. The van der Waals surface area contributed by atoms with Gasteiger partial charge in [-0.05, 0) is 36.8 Å². The Morgan fingerprint density at radius 2 is 2.37 bits per heavy atom. The Bertz CT molecular complexity index is 461. The van der Waals surface area contributed by atoms with Crippen LogP contribution in [0.4, 0.5) is 8.78 Å². The van der Waals surface area contributed by atoms with E-state index in [9.17, 15) is 13.6 Å². The average molecular weight is 289 g/mol. The second kappa shape index (κ2) is 5.96. The zero-order chi connectivity index (χ0) is 14.0. The van der Waals surface area contributed by atoms with Crippen molar-refractivity contribution < 1.29 is 18.7 Å². The first-order valence-electron chi connectivity index (χ1n) is 6.33. The summed E-state index contributed by atoms with van der Waals surface area (Å²) in [7, 11) is 0. The van der Waals surface area contributed by atoms with Crippen LogP contribution in [0.25, 0.3) is 0 Å². The van der Waals surface area contributed by atoms with Gasteiger partial charge >= 0.3 is 0 Å². The van der Waals surface area contributed by atoms with Gasteiger partial charge in [0.1, 0.15) is 6.10 Å². The molecular formula is C13H17F2NO2S. The molecule has 6 heteroatoms. The highest BCUT2D eigenvalue weighted by atomic mass is 32.1. The minimum Gasteiger partial charge on any atom is -0.385 e. The number of hydrogen-bond donors (Lipinski definition) is 2. The second-order valence-electron chi connectivity index (χ2n) is 5.02. The number of fused-ring (bicyclic) bond motifs is 1. The second-order valence-corrected chi connectivity index (χ2v) is 6.16. The number of aliphatic hydroxyl groups is 1. The summed E-state index contributed by atoms with van der Waals surface area (Å²) in [6, 6.07) is 1.85. The molecular weight excluding hydrogens is 272 g/mol. The molecule has 0 fully saturated rings. The van der Waals surface area contributed by atoms with Gasteiger partial charge in [-0.15, -0.1) is 11.3 Å². The van der Waals surface area contributed by atoms with Gasteiger partial charge in [0.2, 0.25) is 0 Å². The van der Waals surface area contributed by atoms with E-state index in [0.29, 0.717) is 10.8 Å². The largest absolute Gasteiger partial charge is 0.385 e. The van der Waals surface area contributed by atoms with Crippen molar-refractivity contribution in [2.24, 2.45) is 5.92 Å². The van der Waals surface area contributed by atoms with Gasteiger partial charge in [0, 0.05) is 11.4 Å². The lowest BCUT2D eigenvalue weighted by molar-refractivity contribution is -0.00268. The predicted molar refractivity (Wildman–Crippen MR) is 69.9 cm³/mol. The molecule has 1 aliphatic rings. The molecule has 2 rings (SSSR count). The van der Waals surface area contributed by atoms with Crippen molar-refractivity contribution in [3.63, 3.8) is 0 Å². The van der Waals surface area contributed by atoms with Gasteiger partial charge in [-0.3, -0.25) is 4.79 Å². The van der Waals surface area contributed by atoms with Crippen LogP contribution in [-0.4, -0.2) is 30.1 Å². The first-order chi connectivity index (χ1) is 8.97. The van der Waals surface area contributed by atoms with E-state index < -0.39 is 19.1 Å². The lowest BCUT2D eigenvalue weighted by Gasteiger charge is -2.16. The first kappa shape index (κ1) is 14.4. The fourth-order valence-corrected chi connectivity index (χ4v) is 3.32. The van der Waals surface area contributed by atoms with Crippen LogP contribution in [0.1, 0.15) is 33.5 Å². The number of halogens is 2. The maximum absolute atomic E-state index is 12.1. The molecule has 3 nitrogen and oxygen atoms in total. The number of nitrogens with one attached hydrogen (secondary N) is 1. The van der Waals surface area contributed by atoms with Gasteiger partial charge in [0.15, 0.2) is 0 Å². The average Bonchev–Trinajstić information content (AvgIpc) is 2.78. The van der Waals surface area contributed by atoms with E-state index in [4.69, 9.17) is 5.11 Å². The Labute approximate surface area is 114 Å². The van der Waals surface area contributed by atoms with Gasteiger partial charge in [0.25, 0.3) is 12.3 Å². The Kier molecular flexibility index (Phi) is 4.52. The van der Waals surface area contributed by atoms with Crippen LogP contribution in [0.5, 0.6) is 0 Å². The first-order valence-corrected chi connectivity index (χ1v) is 7.15. The van der Waals surface area contributed by atoms with Crippen LogP contribution in [-0.2, 0) is 12.8 Å². The van der Waals surface area contributed by atoms with E-state index in [1.165, 1.54) is 21.8 Å². The van der Waals surface area contributed by atoms with Crippen LogP contribution in [0, 0.1) is 5.92 Å². The molecule has 19 heavy (non-hydrogen) atoms. The molecule has 0 aliphatic heterocycles.